The van der Waals surface area contributed by atoms with Crippen LogP contribution in [0.15, 0.2) is 67.4 Å². The molecule has 0 saturated carbocycles. The number of carbonyl (C=O) groups is 1. The number of hydrogen-bond donors (Lipinski definition) is 2. The number of amides is 1. The van der Waals surface area contributed by atoms with E-state index >= 15 is 0 Å². The topological polar surface area (TPSA) is 101 Å². The Labute approximate surface area is 233 Å². The highest BCUT2D eigenvalue weighted by molar-refractivity contribution is 5.85. The molecular formula is C27H30Cl2N8O. The first-order valence-electron chi connectivity index (χ1n) is 12.3. The Balaban J connectivity index is 0.00000168. The zero-order chi connectivity index (χ0) is 24.3. The number of fused-ring (bicyclic) bond motifs is 1. The van der Waals surface area contributed by atoms with E-state index in [0.717, 1.165) is 61.4 Å². The lowest BCUT2D eigenvalue weighted by molar-refractivity contribution is -0.132. The predicted molar refractivity (Wildman–Crippen MR) is 152 cm³/mol. The third-order valence-corrected chi connectivity index (χ3v) is 6.83. The Morgan fingerprint density at radius 3 is 2.26 bits per heavy atom. The summed E-state index contributed by atoms with van der Waals surface area (Å²) < 4.78 is 1.72. The second-order valence-corrected chi connectivity index (χ2v) is 9.27. The van der Waals surface area contributed by atoms with Crippen molar-refractivity contribution in [3.05, 3.63) is 78.5 Å². The van der Waals surface area contributed by atoms with E-state index in [1.54, 1.807) is 17.1 Å². The minimum atomic E-state index is 0. The highest BCUT2D eigenvalue weighted by Gasteiger charge is 2.22. The van der Waals surface area contributed by atoms with Gasteiger partial charge in [0.25, 0.3) is 0 Å². The summed E-state index contributed by atoms with van der Waals surface area (Å²) in [5.74, 6) is 0.684. The average Bonchev–Trinajstić information content (AvgIpc) is 3.54. The Kier molecular flexibility index (Phi) is 8.93. The molecule has 1 amide bonds. The molecule has 4 aromatic rings. The zero-order valence-corrected chi connectivity index (χ0v) is 22.4. The van der Waals surface area contributed by atoms with Crippen molar-refractivity contribution >= 4 is 36.7 Å². The normalized spacial score (nSPS) is 14.8. The van der Waals surface area contributed by atoms with E-state index in [0.29, 0.717) is 12.0 Å². The van der Waals surface area contributed by atoms with Gasteiger partial charge in [0.15, 0.2) is 0 Å². The summed E-state index contributed by atoms with van der Waals surface area (Å²) in [5, 5.41) is 11.5. The number of anilines is 1. The number of pyridine rings is 1. The molecule has 0 spiro atoms. The maximum Gasteiger partial charge on any atom is 0.244 e. The summed E-state index contributed by atoms with van der Waals surface area (Å²) in [6, 6.07) is 12.7. The van der Waals surface area contributed by atoms with Crippen molar-refractivity contribution in [1.82, 2.24) is 34.9 Å². The second-order valence-electron chi connectivity index (χ2n) is 9.27. The molecule has 1 saturated heterocycles. The summed E-state index contributed by atoms with van der Waals surface area (Å²) in [6.45, 7) is 3.28. The molecular weight excluding hydrogens is 523 g/mol. The van der Waals surface area contributed by atoms with Crippen LogP contribution >= 0.6 is 24.8 Å². The van der Waals surface area contributed by atoms with E-state index in [1.165, 1.54) is 11.1 Å². The first-order valence-corrected chi connectivity index (χ1v) is 12.3. The van der Waals surface area contributed by atoms with Crippen molar-refractivity contribution < 1.29 is 4.79 Å². The maximum atomic E-state index is 12.8. The molecule has 0 bridgehead atoms. The fraction of sp³-hybridized carbons (Fsp3) is 0.296. The number of nitrogens with one attached hydrogen (secondary N) is 2. The van der Waals surface area contributed by atoms with Crippen molar-refractivity contribution in [1.29, 1.82) is 0 Å². The van der Waals surface area contributed by atoms with Gasteiger partial charge in [-0.15, -0.1) is 24.8 Å². The van der Waals surface area contributed by atoms with Crippen molar-refractivity contribution in [2.45, 2.75) is 25.4 Å². The van der Waals surface area contributed by atoms with E-state index in [9.17, 15) is 4.79 Å². The lowest BCUT2D eigenvalue weighted by Gasteiger charge is -2.27. The van der Waals surface area contributed by atoms with Crippen LogP contribution in [0.1, 0.15) is 11.1 Å². The molecule has 0 atom stereocenters. The van der Waals surface area contributed by atoms with Gasteiger partial charge in [-0.3, -0.25) is 14.5 Å². The van der Waals surface area contributed by atoms with Crippen LogP contribution in [0.4, 0.5) is 5.95 Å². The molecule has 1 fully saturated rings. The van der Waals surface area contributed by atoms with Gasteiger partial charge in [0.2, 0.25) is 11.9 Å². The van der Waals surface area contributed by atoms with E-state index in [2.05, 4.69) is 49.9 Å². The van der Waals surface area contributed by atoms with E-state index in [1.807, 2.05) is 35.6 Å². The molecule has 1 aliphatic heterocycles. The minimum Gasteiger partial charge on any atom is -0.351 e. The van der Waals surface area contributed by atoms with Crippen LogP contribution in [-0.4, -0.2) is 67.8 Å². The van der Waals surface area contributed by atoms with Crippen LogP contribution in [0.5, 0.6) is 0 Å². The molecule has 1 aromatic carbocycles. The highest BCUT2D eigenvalue weighted by atomic mass is 35.5. The van der Waals surface area contributed by atoms with E-state index < -0.39 is 0 Å². The summed E-state index contributed by atoms with van der Waals surface area (Å²) in [7, 11) is 0. The molecule has 0 unspecified atom stereocenters. The molecule has 2 aliphatic rings. The smallest absolute Gasteiger partial charge is 0.244 e. The Morgan fingerprint density at radius 1 is 0.947 bits per heavy atom. The molecule has 6 rings (SSSR count). The van der Waals surface area contributed by atoms with Gasteiger partial charge in [0.05, 0.1) is 0 Å². The number of nitrogens with zero attached hydrogens (tertiary/aromatic N) is 6. The predicted octanol–water partition coefficient (Wildman–Crippen LogP) is 3.26. The van der Waals surface area contributed by atoms with Crippen molar-refractivity contribution in [3.8, 4) is 22.4 Å². The van der Waals surface area contributed by atoms with Gasteiger partial charge in [-0.2, -0.15) is 5.10 Å². The molecule has 9 nitrogen and oxygen atoms in total. The fourth-order valence-electron chi connectivity index (χ4n) is 4.97. The van der Waals surface area contributed by atoms with Gasteiger partial charge >= 0.3 is 0 Å². The van der Waals surface area contributed by atoms with Crippen molar-refractivity contribution in [2.24, 2.45) is 0 Å². The van der Waals surface area contributed by atoms with Crippen LogP contribution < -0.4 is 10.6 Å². The van der Waals surface area contributed by atoms with Gasteiger partial charge in [-0.1, -0.05) is 24.3 Å². The minimum absolute atomic E-state index is 0. The molecule has 198 valence electrons. The summed E-state index contributed by atoms with van der Waals surface area (Å²) in [4.78, 5) is 28.1. The molecule has 4 heterocycles. The monoisotopic (exact) mass is 552 g/mol. The summed E-state index contributed by atoms with van der Waals surface area (Å²) >= 11 is 0. The average molecular weight is 553 g/mol. The maximum absolute atomic E-state index is 12.8. The first kappa shape index (κ1) is 27.5. The van der Waals surface area contributed by atoms with Gasteiger partial charge in [0.1, 0.15) is 12.2 Å². The number of rotatable bonds is 6. The van der Waals surface area contributed by atoms with Gasteiger partial charge in [0, 0.05) is 79.9 Å². The Hall–Kier alpha value is -3.53. The number of benzene rings is 1. The van der Waals surface area contributed by atoms with Crippen LogP contribution in [0, 0.1) is 0 Å². The molecule has 2 N–H and O–H groups in total. The third kappa shape index (κ3) is 5.96. The van der Waals surface area contributed by atoms with Crippen molar-refractivity contribution in [2.75, 3.05) is 31.5 Å². The lowest BCUT2D eigenvalue weighted by Crippen LogP contribution is -2.47. The molecule has 0 radical (unpaired) electrons. The quantitative estimate of drug-likeness (QED) is 0.378. The zero-order valence-electron chi connectivity index (χ0n) is 20.8. The SMILES string of the molecule is Cl.Cl.O=C(Cn1cc(-c2cnc(NC3Cc4ccccc4C3)nc2)c(-c2ccncc2)n1)N1CCNCC1. The number of piperazine rings is 1. The molecule has 1 aliphatic carbocycles. The number of halogens is 2. The van der Waals surface area contributed by atoms with Crippen LogP contribution in [0.25, 0.3) is 22.4 Å². The second kappa shape index (κ2) is 12.3. The summed E-state index contributed by atoms with van der Waals surface area (Å²) in [5.41, 5.74) is 6.21. The largest absolute Gasteiger partial charge is 0.351 e. The number of hydrogen-bond acceptors (Lipinski definition) is 7. The van der Waals surface area contributed by atoms with Gasteiger partial charge in [-0.25, -0.2) is 9.97 Å². The van der Waals surface area contributed by atoms with Gasteiger partial charge in [-0.05, 0) is 36.1 Å². The fourth-order valence-corrected chi connectivity index (χ4v) is 4.97. The van der Waals surface area contributed by atoms with Gasteiger partial charge < -0.3 is 15.5 Å². The Morgan fingerprint density at radius 2 is 1.61 bits per heavy atom. The number of aromatic nitrogens is 5. The lowest BCUT2D eigenvalue weighted by atomic mass is 10.1. The number of carbonyl (C=O) groups excluding carboxylic acids is 1. The van der Waals surface area contributed by atoms with Crippen LogP contribution in [0.2, 0.25) is 0 Å². The molecule has 3 aromatic heterocycles. The van der Waals surface area contributed by atoms with Crippen molar-refractivity contribution in [3.63, 3.8) is 0 Å². The van der Waals surface area contributed by atoms with E-state index in [4.69, 9.17) is 5.10 Å². The van der Waals surface area contributed by atoms with Crippen LogP contribution in [0.3, 0.4) is 0 Å². The molecule has 38 heavy (non-hydrogen) atoms. The van der Waals surface area contributed by atoms with E-state index in [-0.39, 0.29) is 37.3 Å². The standard InChI is InChI=1S/C27H28N8O.2ClH/c36-25(34-11-9-29-10-12-34)18-35-17-24(26(33-35)19-5-7-28-8-6-19)22-15-30-27(31-16-22)32-23-13-20-3-1-2-4-21(20)14-23;;/h1-8,15-17,23,29H,9-14,18H2,(H,30,31,32);2*1H. The Bertz CT molecular complexity index is 1330. The third-order valence-electron chi connectivity index (χ3n) is 6.83. The molecule has 11 heteroatoms. The summed E-state index contributed by atoms with van der Waals surface area (Å²) in [6.07, 6.45) is 11.0. The first-order chi connectivity index (χ1) is 17.7. The highest BCUT2D eigenvalue weighted by Crippen LogP contribution is 2.31. The van der Waals surface area contributed by atoms with Crippen LogP contribution in [-0.2, 0) is 24.2 Å².